The summed E-state index contributed by atoms with van der Waals surface area (Å²) in [6.07, 6.45) is 0.824. The van der Waals surface area contributed by atoms with Crippen LogP contribution in [-0.4, -0.2) is 44.1 Å². The first-order valence-corrected chi connectivity index (χ1v) is 7.88. The Hall–Kier alpha value is -2.34. The van der Waals surface area contributed by atoms with Crippen molar-refractivity contribution in [3.05, 3.63) is 47.3 Å². The van der Waals surface area contributed by atoms with Gasteiger partial charge in [0.2, 0.25) is 5.91 Å². The highest BCUT2D eigenvalue weighted by Gasteiger charge is 2.30. The first-order valence-electron chi connectivity index (χ1n) is 7.35. The number of aromatic carboxylic acids is 1. The van der Waals surface area contributed by atoms with E-state index < -0.39 is 5.97 Å². The highest BCUT2D eigenvalue weighted by atomic mass is 35.5. The molecule has 3 rings (SSSR count). The van der Waals surface area contributed by atoms with Crippen LogP contribution in [0, 0.1) is 0 Å². The number of halogens is 1. The summed E-state index contributed by atoms with van der Waals surface area (Å²) >= 11 is 5.62. The second-order valence-electron chi connectivity index (χ2n) is 5.33. The van der Waals surface area contributed by atoms with E-state index in [-0.39, 0.29) is 30.4 Å². The zero-order chi connectivity index (χ0) is 16.4. The zero-order valence-corrected chi connectivity index (χ0v) is 13.2. The molecule has 23 heavy (non-hydrogen) atoms. The maximum absolute atomic E-state index is 12.0. The third-order valence-corrected chi connectivity index (χ3v) is 4.11. The van der Waals surface area contributed by atoms with E-state index in [0.717, 1.165) is 11.4 Å². The number of aromatic nitrogens is 2. The molecule has 7 heteroatoms. The van der Waals surface area contributed by atoms with E-state index in [1.807, 2.05) is 30.3 Å². The van der Waals surface area contributed by atoms with Crippen molar-refractivity contribution in [1.82, 2.24) is 14.7 Å². The maximum atomic E-state index is 12.0. The van der Waals surface area contributed by atoms with Crippen LogP contribution in [0.2, 0.25) is 0 Å². The molecule has 6 nitrogen and oxygen atoms in total. The highest BCUT2D eigenvalue weighted by Crippen LogP contribution is 2.26. The summed E-state index contributed by atoms with van der Waals surface area (Å²) in [5.74, 6) is -0.880. The molecular formula is C16H16ClN3O3. The maximum Gasteiger partial charge on any atom is 0.356 e. The molecular weight excluding hydrogens is 318 g/mol. The van der Waals surface area contributed by atoms with Crippen LogP contribution >= 0.6 is 11.6 Å². The van der Waals surface area contributed by atoms with Crippen molar-refractivity contribution < 1.29 is 14.7 Å². The normalized spacial score (nSPS) is 13.7. The summed E-state index contributed by atoms with van der Waals surface area (Å²) in [5.41, 5.74) is 2.28. The van der Waals surface area contributed by atoms with Crippen LogP contribution in [-0.2, 0) is 17.8 Å². The predicted molar refractivity (Wildman–Crippen MR) is 85.0 cm³/mol. The molecule has 0 atom stereocenters. The van der Waals surface area contributed by atoms with E-state index in [1.54, 1.807) is 9.58 Å². The number of hydrogen-bond acceptors (Lipinski definition) is 3. The lowest BCUT2D eigenvalue weighted by molar-refractivity contribution is -0.131. The quantitative estimate of drug-likeness (QED) is 0.869. The van der Waals surface area contributed by atoms with Crippen molar-refractivity contribution in [1.29, 1.82) is 0 Å². The van der Waals surface area contributed by atoms with Crippen LogP contribution in [0.25, 0.3) is 5.69 Å². The minimum absolute atomic E-state index is 0.00669. The summed E-state index contributed by atoms with van der Waals surface area (Å²) in [7, 11) is 0. The van der Waals surface area contributed by atoms with E-state index in [4.69, 9.17) is 11.6 Å². The van der Waals surface area contributed by atoms with Gasteiger partial charge in [-0.3, -0.25) is 4.79 Å². The standard InChI is InChI=1S/C16H16ClN3O3/c17-8-6-14(21)19-9-7-13-12(10-19)15(16(22)23)18-20(13)11-4-2-1-3-5-11/h1-5H,6-10H2,(H,22,23). The second kappa shape index (κ2) is 6.42. The van der Waals surface area contributed by atoms with Crippen molar-refractivity contribution in [2.24, 2.45) is 0 Å². The molecule has 0 saturated carbocycles. The molecule has 0 bridgehead atoms. The van der Waals surface area contributed by atoms with Crippen LogP contribution in [0.15, 0.2) is 30.3 Å². The number of rotatable bonds is 4. The average Bonchev–Trinajstić information content (AvgIpc) is 2.95. The van der Waals surface area contributed by atoms with Crippen LogP contribution in [0.1, 0.15) is 28.2 Å². The Labute approximate surface area is 138 Å². The summed E-state index contributed by atoms with van der Waals surface area (Å²) in [6.45, 7) is 0.805. The largest absolute Gasteiger partial charge is 0.476 e. The van der Waals surface area contributed by atoms with Gasteiger partial charge in [0.05, 0.1) is 11.4 Å². The number of benzene rings is 1. The van der Waals surface area contributed by atoms with Gasteiger partial charge in [-0.1, -0.05) is 18.2 Å². The predicted octanol–water partition coefficient (Wildman–Crippen LogP) is 2.08. The van der Waals surface area contributed by atoms with Gasteiger partial charge < -0.3 is 10.0 Å². The van der Waals surface area contributed by atoms with Gasteiger partial charge in [0.1, 0.15) is 0 Å². The number of hydrogen-bond donors (Lipinski definition) is 1. The van der Waals surface area contributed by atoms with Gasteiger partial charge in [-0.05, 0) is 12.1 Å². The number of amides is 1. The first kappa shape index (κ1) is 15.6. The fourth-order valence-corrected chi connectivity index (χ4v) is 2.99. The molecule has 0 saturated heterocycles. The Kier molecular flexibility index (Phi) is 4.34. The number of carboxylic acid groups (broad SMARTS) is 1. The lowest BCUT2D eigenvalue weighted by Gasteiger charge is -2.27. The van der Waals surface area contributed by atoms with Crippen LogP contribution in [0.5, 0.6) is 0 Å². The van der Waals surface area contributed by atoms with Gasteiger partial charge in [-0.2, -0.15) is 5.10 Å². The van der Waals surface area contributed by atoms with Gasteiger partial charge in [0, 0.05) is 37.4 Å². The Balaban J connectivity index is 2.01. The Morgan fingerprint density at radius 3 is 2.65 bits per heavy atom. The number of para-hydroxylation sites is 1. The second-order valence-corrected chi connectivity index (χ2v) is 5.71. The average molecular weight is 334 g/mol. The summed E-state index contributed by atoms with van der Waals surface area (Å²) in [5, 5.41) is 13.7. The number of carbonyl (C=O) groups excluding carboxylic acids is 1. The van der Waals surface area contributed by atoms with Gasteiger partial charge in [-0.15, -0.1) is 11.6 Å². The number of nitrogens with zero attached hydrogens (tertiary/aromatic N) is 3. The summed E-state index contributed by atoms with van der Waals surface area (Å²) < 4.78 is 1.67. The van der Waals surface area contributed by atoms with Crippen LogP contribution < -0.4 is 0 Å². The van der Waals surface area contributed by atoms with Gasteiger partial charge >= 0.3 is 5.97 Å². The molecule has 1 aromatic carbocycles. The summed E-state index contributed by atoms with van der Waals surface area (Å²) in [4.78, 5) is 25.2. The Morgan fingerprint density at radius 1 is 1.26 bits per heavy atom. The fraction of sp³-hybridized carbons (Fsp3) is 0.312. The van der Waals surface area contributed by atoms with Crippen molar-refractivity contribution in [2.75, 3.05) is 12.4 Å². The smallest absolute Gasteiger partial charge is 0.356 e. The monoisotopic (exact) mass is 333 g/mol. The minimum Gasteiger partial charge on any atom is -0.476 e. The first-order chi connectivity index (χ1) is 11.1. The molecule has 1 amide bonds. The van der Waals surface area contributed by atoms with E-state index in [1.165, 1.54) is 0 Å². The molecule has 1 aromatic heterocycles. The molecule has 2 heterocycles. The molecule has 1 aliphatic heterocycles. The molecule has 0 fully saturated rings. The van der Waals surface area contributed by atoms with Crippen LogP contribution in [0.4, 0.5) is 0 Å². The lowest BCUT2D eigenvalue weighted by Crippen LogP contribution is -2.36. The van der Waals surface area contributed by atoms with E-state index in [9.17, 15) is 14.7 Å². The molecule has 0 spiro atoms. The summed E-state index contributed by atoms with van der Waals surface area (Å²) in [6, 6.07) is 9.41. The van der Waals surface area contributed by atoms with Gasteiger partial charge in [0.25, 0.3) is 0 Å². The molecule has 1 N–H and O–H groups in total. The minimum atomic E-state index is -1.08. The van der Waals surface area contributed by atoms with Crippen molar-refractivity contribution >= 4 is 23.5 Å². The molecule has 2 aromatic rings. The number of alkyl halides is 1. The highest BCUT2D eigenvalue weighted by molar-refractivity contribution is 6.18. The third kappa shape index (κ3) is 2.94. The zero-order valence-electron chi connectivity index (χ0n) is 12.4. The Bertz CT molecular complexity index is 743. The molecule has 0 aliphatic carbocycles. The number of carboxylic acids is 1. The molecule has 120 valence electrons. The van der Waals surface area contributed by atoms with Crippen molar-refractivity contribution in [3.63, 3.8) is 0 Å². The number of fused-ring (bicyclic) bond motifs is 1. The third-order valence-electron chi connectivity index (χ3n) is 3.92. The van der Waals surface area contributed by atoms with E-state index in [0.29, 0.717) is 18.5 Å². The Morgan fingerprint density at radius 2 is 2.00 bits per heavy atom. The van der Waals surface area contributed by atoms with Gasteiger partial charge in [0.15, 0.2) is 5.69 Å². The molecule has 0 radical (unpaired) electrons. The SMILES string of the molecule is O=C(O)c1nn(-c2ccccc2)c2c1CN(C(=O)CCCl)CC2. The lowest BCUT2D eigenvalue weighted by atomic mass is 10.0. The molecule has 0 unspecified atom stereocenters. The van der Waals surface area contributed by atoms with Crippen LogP contribution in [0.3, 0.4) is 0 Å². The van der Waals surface area contributed by atoms with E-state index in [2.05, 4.69) is 5.10 Å². The topological polar surface area (TPSA) is 75.4 Å². The fourth-order valence-electron chi connectivity index (χ4n) is 2.83. The molecule has 1 aliphatic rings. The van der Waals surface area contributed by atoms with Gasteiger partial charge in [-0.25, -0.2) is 9.48 Å². The van der Waals surface area contributed by atoms with E-state index >= 15 is 0 Å². The number of carbonyl (C=O) groups is 2. The van der Waals surface area contributed by atoms with Crippen molar-refractivity contribution in [2.45, 2.75) is 19.4 Å². The van der Waals surface area contributed by atoms with Crippen molar-refractivity contribution in [3.8, 4) is 5.69 Å².